The van der Waals surface area contributed by atoms with E-state index in [1.807, 2.05) is 30.3 Å². The molecule has 1 aromatic rings. The van der Waals surface area contributed by atoms with Gasteiger partial charge in [0.1, 0.15) is 0 Å². The molecule has 0 atom stereocenters. The average Bonchev–Trinajstić information content (AvgIpc) is 2.27. The third kappa shape index (κ3) is 4.80. The molecule has 2 N–H and O–H groups in total. The number of carbonyl (C=O) groups excluding carboxylic acids is 1. The van der Waals surface area contributed by atoms with Crippen molar-refractivity contribution >= 4 is 27.5 Å². The highest BCUT2D eigenvalue weighted by Crippen LogP contribution is 2.14. The van der Waals surface area contributed by atoms with E-state index in [0.717, 1.165) is 10.2 Å². The van der Waals surface area contributed by atoms with Gasteiger partial charge in [0.15, 0.2) is 0 Å². The number of hydrogen-bond acceptors (Lipinski definition) is 3. The molecule has 16 heavy (non-hydrogen) atoms. The maximum absolute atomic E-state index is 11.3. The number of rotatable bonds is 5. The molecule has 1 rings (SSSR count). The Hall–Kier alpha value is -1.54. The maximum atomic E-state index is 11.3. The molecule has 0 heterocycles. The zero-order valence-electron chi connectivity index (χ0n) is 8.66. The number of carbonyl (C=O) groups is 1. The number of hydrogen-bond donors (Lipinski definition) is 2. The van der Waals surface area contributed by atoms with Gasteiger partial charge >= 0.3 is 0 Å². The lowest BCUT2D eigenvalue weighted by atomic mass is 10.3. The van der Waals surface area contributed by atoms with Crippen LogP contribution in [-0.4, -0.2) is 19.0 Å². The number of nitrogens with zero attached hydrogens (tertiary/aromatic N) is 1. The van der Waals surface area contributed by atoms with Crippen LogP contribution in [0.5, 0.6) is 0 Å². The summed E-state index contributed by atoms with van der Waals surface area (Å²) in [6, 6.07) is 9.54. The second-order valence-electron chi connectivity index (χ2n) is 3.12. The smallest absolute Gasteiger partial charge is 0.239 e. The van der Waals surface area contributed by atoms with Crippen LogP contribution in [0.15, 0.2) is 28.7 Å². The van der Waals surface area contributed by atoms with Gasteiger partial charge in [0.05, 0.1) is 19.0 Å². The second-order valence-corrected chi connectivity index (χ2v) is 4.04. The minimum atomic E-state index is -0.116. The Kier molecular flexibility index (Phi) is 5.37. The zero-order valence-corrected chi connectivity index (χ0v) is 10.3. The molecule has 0 aromatic heterocycles. The monoisotopic (exact) mass is 281 g/mol. The Morgan fingerprint density at radius 2 is 2.31 bits per heavy atom. The summed E-state index contributed by atoms with van der Waals surface area (Å²) in [6.45, 7) is 0.609. The molecular weight excluding hydrogens is 270 g/mol. The molecule has 0 saturated heterocycles. The van der Waals surface area contributed by atoms with Crippen LogP contribution in [0.4, 0.5) is 5.69 Å². The number of anilines is 1. The van der Waals surface area contributed by atoms with E-state index in [1.165, 1.54) is 0 Å². The van der Waals surface area contributed by atoms with Crippen molar-refractivity contribution in [2.75, 3.05) is 18.4 Å². The van der Waals surface area contributed by atoms with Crippen LogP contribution < -0.4 is 10.6 Å². The van der Waals surface area contributed by atoms with Gasteiger partial charge in [0.2, 0.25) is 5.91 Å². The first-order valence-corrected chi connectivity index (χ1v) is 5.65. The van der Waals surface area contributed by atoms with E-state index in [1.54, 1.807) is 0 Å². The summed E-state index contributed by atoms with van der Waals surface area (Å²) < 4.78 is 0.961. The summed E-state index contributed by atoms with van der Waals surface area (Å²) in [5.74, 6) is -0.116. The van der Waals surface area contributed by atoms with E-state index in [2.05, 4.69) is 26.6 Å². The molecule has 5 heteroatoms. The molecule has 0 fully saturated rings. The van der Waals surface area contributed by atoms with Crippen LogP contribution in [0.2, 0.25) is 0 Å². The highest BCUT2D eigenvalue weighted by molar-refractivity contribution is 9.10. The van der Waals surface area contributed by atoms with E-state index in [0.29, 0.717) is 13.0 Å². The lowest BCUT2D eigenvalue weighted by molar-refractivity contribution is -0.119. The molecule has 0 bridgehead atoms. The molecule has 4 nitrogen and oxygen atoms in total. The largest absolute Gasteiger partial charge is 0.376 e. The van der Waals surface area contributed by atoms with E-state index in [-0.39, 0.29) is 12.5 Å². The fourth-order valence-electron chi connectivity index (χ4n) is 1.10. The first-order valence-electron chi connectivity index (χ1n) is 4.85. The molecule has 0 aliphatic carbocycles. The average molecular weight is 282 g/mol. The summed E-state index contributed by atoms with van der Waals surface area (Å²) >= 11 is 3.34. The number of nitriles is 1. The van der Waals surface area contributed by atoms with Crippen LogP contribution >= 0.6 is 15.9 Å². The first-order chi connectivity index (χ1) is 7.72. The normalized spacial score (nSPS) is 9.25. The fraction of sp³-hybridized carbons (Fsp3) is 0.273. The molecule has 0 unspecified atom stereocenters. The van der Waals surface area contributed by atoms with Crippen molar-refractivity contribution in [1.82, 2.24) is 5.32 Å². The number of amides is 1. The first kappa shape index (κ1) is 12.5. The summed E-state index contributed by atoms with van der Waals surface area (Å²) in [5, 5.41) is 13.9. The Labute approximate surface area is 103 Å². The van der Waals surface area contributed by atoms with Crippen molar-refractivity contribution in [2.24, 2.45) is 0 Å². The quantitative estimate of drug-likeness (QED) is 0.810. The Morgan fingerprint density at radius 3 is 3.00 bits per heavy atom. The van der Waals surface area contributed by atoms with E-state index in [4.69, 9.17) is 5.26 Å². The van der Waals surface area contributed by atoms with Gasteiger partial charge < -0.3 is 10.6 Å². The summed E-state index contributed by atoms with van der Waals surface area (Å²) in [4.78, 5) is 11.3. The van der Waals surface area contributed by atoms with Gasteiger partial charge in [-0.1, -0.05) is 22.0 Å². The lowest BCUT2D eigenvalue weighted by Crippen LogP contribution is -2.30. The molecule has 1 amide bonds. The van der Waals surface area contributed by atoms with E-state index in [9.17, 15) is 4.79 Å². The minimum Gasteiger partial charge on any atom is -0.376 e. The maximum Gasteiger partial charge on any atom is 0.239 e. The summed E-state index contributed by atoms with van der Waals surface area (Å²) in [5.41, 5.74) is 0.879. The third-order valence-corrected chi connectivity index (χ3v) is 2.33. The topological polar surface area (TPSA) is 64.9 Å². The van der Waals surface area contributed by atoms with Gasteiger partial charge in [-0.25, -0.2) is 0 Å². The molecule has 0 spiro atoms. The summed E-state index contributed by atoms with van der Waals surface area (Å²) in [6.07, 6.45) is 0.336. The van der Waals surface area contributed by atoms with Crippen LogP contribution in [0.25, 0.3) is 0 Å². The van der Waals surface area contributed by atoms with Crippen molar-refractivity contribution in [3.63, 3.8) is 0 Å². The van der Waals surface area contributed by atoms with Gasteiger partial charge in [-0.05, 0) is 18.2 Å². The van der Waals surface area contributed by atoms with E-state index >= 15 is 0 Å². The number of halogens is 1. The van der Waals surface area contributed by atoms with Gasteiger partial charge in [-0.3, -0.25) is 4.79 Å². The standard InChI is InChI=1S/C11H12BrN3O/c12-9-3-1-4-10(7-9)15-8-11(16)14-6-2-5-13/h1,3-4,7,15H,2,6,8H2,(H,14,16). The van der Waals surface area contributed by atoms with Gasteiger partial charge in [0.25, 0.3) is 0 Å². The van der Waals surface area contributed by atoms with E-state index < -0.39 is 0 Å². The predicted molar refractivity (Wildman–Crippen MR) is 65.9 cm³/mol. The highest BCUT2D eigenvalue weighted by atomic mass is 79.9. The Balaban J connectivity index is 2.29. The van der Waals surface area contributed by atoms with Crippen molar-refractivity contribution in [3.05, 3.63) is 28.7 Å². The van der Waals surface area contributed by atoms with Gasteiger partial charge in [-0.2, -0.15) is 5.26 Å². The van der Waals surface area contributed by atoms with Gasteiger partial charge in [-0.15, -0.1) is 0 Å². The van der Waals surface area contributed by atoms with Crippen molar-refractivity contribution in [2.45, 2.75) is 6.42 Å². The summed E-state index contributed by atoms with van der Waals surface area (Å²) in [7, 11) is 0. The molecule has 84 valence electrons. The molecule has 0 aliphatic heterocycles. The predicted octanol–water partition coefficient (Wildman–Crippen LogP) is 1.89. The zero-order chi connectivity index (χ0) is 11.8. The number of benzene rings is 1. The second kappa shape index (κ2) is 6.85. The van der Waals surface area contributed by atoms with Crippen LogP contribution in [0.3, 0.4) is 0 Å². The van der Waals surface area contributed by atoms with Gasteiger partial charge in [0, 0.05) is 16.7 Å². The molecule has 0 saturated carbocycles. The molecule has 0 aliphatic rings. The van der Waals surface area contributed by atoms with Crippen LogP contribution in [-0.2, 0) is 4.79 Å². The van der Waals surface area contributed by atoms with Crippen molar-refractivity contribution in [1.29, 1.82) is 5.26 Å². The SMILES string of the molecule is N#CCCNC(=O)CNc1cccc(Br)c1. The lowest BCUT2D eigenvalue weighted by Gasteiger charge is -2.06. The van der Waals surface area contributed by atoms with Crippen LogP contribution in [0, 0.1) is 11.3 Å². The highest BCUT2D eigenvalue weighted by Gasteiger charge is 2.00. The van der Waals surface area contributed by atoms with Crippen molar-refractivity contribution < 1.29 is 4.79 Å². The Bertz CT molecular complexity index is 400. The number of nitrogens with one attached hydrogen (secondary N) is 2. The Morgan fingerprint density at radius 1 is 1.50 bits per heavy atom. The van der Waals surface area contributed by atoms with Crippen LogP contribution in [0.1, 0.15) is 6.42 Å². The molecule has 1 aromatic carbocycles. The van der Waals surface area contributed by atoms with Crippen molar-refractivity contribution in [3.8, 4) is 6.07 Å². The molecular formula is C11H12BrN3O. The third-order valence-electron chi connectivity index (χ3n) is 1.84. The molecule has 0 radical (unpaired) electrons. The fourth-order valence-corrected chi connectivity index (χ4v) is 1.50. The minimum absolute atomic E-state index is 0.116.